The Labute approximate surface area is 109 Å². The van der Waals surface area contributed by atoms with Crippen LogP contribution in [-0.2, 0) is 10.8 Å². The van der Waals surface area contributed by atoms with E-state index in [-0.39, 0.29) is 0 Å². The molecule has 4 heteroatoms. The molecule has 0 amide bonds. The smallest absolute Gasteiger partial charge is 0.0244 e. The molecule has 1 rings (SSSR count). The van der Waals surface area contributed by atoms with E-state index in [1.165, 1.54) is 6.42 Å². The average Bonchev–Trinajstić information content (AvgIpc) is 2.28. The number of piperazine rings is 1. The first-order valence-corrected chi connectivity index (χ1v) is 8.54. The molecule has 0 aliphatic carbocycles. The zero-order valence-corrected chi connectivity index (χ0v) is 12.6. The van der Waals surface area contributed by atoms with Crippen molar-refractivity contribution in [1.82, 2.24) is 10.2 Å². The summed E-state index contributed by atoms with van der Waals surface area (Å²) < 4.78 is 11.1. The van der Waals surface area contributed by atoms with Crippen LogP contribution in [0.5, 0.6) is 0 Å². The summed E-state index contributed by atoms with van der Waals surface area (Å²) in [5.41, 5.74) is 0. The van der Waals surface area contributed by atoms with Gasteiger partial charge in [0.15, 0.2) is 0 Å². The largest absolute Gasteiger partial charge is 0.311 e. The third-order valence-corrected chi connectivity index (χ3v) is 4.58. The Balaban J connectivity index is 2.42. The fourth-order valence-corrected chi connectivity index (χ4v) is 3.01. The Morgan fingerprint density at radius 2 is 2.18 bits per heavy atom. The molecular formula is C13H28N2OS. The molecular weight excluding hydrogens is 232 g/mol. The minimum atomic E-state index is -0.643. The van der Waals surface area contributed by atoms with E-state index in [2.05, 4.69) is 31.0 Å². The second-order valence-corrected chi connectivity index (χ2v) is 7.00. The zero-order valence-electron chi connectivity index (χ0n) is 11.7. The Hall–Kier alpha value is 0.0700. The molecule has 1 heterocycles. The van der Waals surface area contributed by atoms with Crippen molar-refractivity contribution in [3.63, 3.8) is 0 Å². The molecule has 0 aromatic carbocycles. The molecule has 102 valence electrons. The maximum atomic E-state index is 11.1. The topological polar surface area (TPSA) is 32.3 Å². The molecule has 0 spiro atoms. The van der Waals surface area contributed by atoms with Gasteiger partial charge in [-0.3, -0.25) is 9.11 Å². The first-order chi connectivity index (χ1) is 8.04. The molecule has 1 saturated heterocycles. The fraction of sp³-hybridized carbons (Fsp3) is 1.00. The van der Waals surface area contributed by atoms with Crippen LogP contribution in [0, 0.1) is 5.92 Å². The molecule has 0 saturated carbocycles. The van der Waals surface area contributed by atoms with Crippen LogP contribution in [0.4, 0.5) is 0 Å². The summed E-state index contributed by atoms with van der Waals surface area (Å²) in [4.78, 5) is 2.59. The summed E-state index contributed by atoms with van der Waals surface area (Å²) in [5.74, 6) is 1.53. The second-order valence-electron chi connectivity index (χ2n) is 5.45. The normalized spacial score (nSPS) is 28.5. The standard InChI is InChI=1S/C13H28N2OS/c1-5-12-9-14-13(11(2)3)10-15(12)7-6-8-17(4)16/h11-14H,5-10H2,1-4H3. The van der Waals surface area contributed by atoms with Gasteiger partial charge in [0.2, 0.25) is 0 Å². The van der Waals surface area contributed by atoms with Crippen molar-refractivity contribution in [3.05, 3.63) is 0 Å². The fourth-order valence-electron chi connectivity index (χ4n) is 2.48. The van der Waals surface area contributed by atoms with Gasteiger partial charge in [-0.25, -0.2) is 0 Å². The van der Waals surface area contributed by atoms with Crippen LogP contribution in [-0.4, -0.2) is 52.8 Å². The number of rotatable bonds is 6. The summed E-state index contributed by atoms with van der Waals surface area (Å²) >= 11 is 0. The first kappa shape index (κ1) is 15.1. The molecule has 1 fully saturated rings. The van der Waals surface area contributed by atoms with Crippen molar-refractivity contribution in [2.45, 2.75) is 45.7 Å². The van der Waals surface area contributed by atoms with Crippen LogP contribution in [0.3, 0.4) is 0 Å². The van der Waals surface area contributed by atoms with E-state index in [0.29, 0.717) is 18.0 Å². The number of hydrogen-bond acceptors (Lipinski definition) is 3. The lowest BCUT2D eigenvalue weighted by atomic mass is 9.98. The molecule has 17 heavy (non-hydrogen) atoms. The van der Waals surface area contributed by atoms with Gasteiger partial charge in [0.05, 0.1) is 0 Å². The van der Waals surface area contributed by atoms with Gasteiger partial charge < -0.3 is 5.32 Å². The zero-order chi connectivity index (χ0) is 12.8. The molecule has 0 aromatic heterocycles. The average molecular weight is 260 g/mol. The Morgan fingerprint density at radius 3 is 2.71 bits per heavy atom. The van der Waals surface area contributed by atoms with Crippen molar-refractivity contribution < 1.29 is 4.21 Å². The minimum absolute atomic E-state index is 0.616. The van der Waals surface area contributed by atoms with Crippen molar-refractivity contribution in [2.75, 3.05) is 31.6 Å². The van der Waals surface area contributed by atoms with E-state index in [1.54, 1.807) is 6.26 Å². The van der Waals surface area contributed by atoms with Gasteiger partial charge in [-0.05, 0) is 25.3 Å². The lowest BCUT2D eigenvalue weighted by Gasteiger charge is -2.41. The van der Waals surface area contributed by atoms with E-state index in [9.17, 15) is 4.21 Å². The molecule has 1 N–H and O–H groups in total. The van der Waals surface area contributed by atoms with E-state index >= 15 is 0 Å². The van der Waals surface area contributed by atoms with Crippen molar-refractivity contribution >= 4 is 10.8 Å². The maximum absolute atomic E-state index is 11.1. The van der Waals surface area contributed by atoms with Crippen LogP contribution in [0.15, 0.2) is 0 Å². The van der Waals surface area contributed by atoms with E-state index < -0.39 is 10.8 Å². The monoisotopic (exact) mass is 260 g/mol. The van der Waals surface area contributed by atoms with Gasteiger partial charge in [0.25, 0.3) is 0 Å². The first-order valence-electron chi connectivity index (χ1n) is 6.82. The highest BCUT2D eigenvalue weighted by molar-refractivity contribution is 7.84. The highest BCUT2D eigenvalue weighted by atomic mass is 32.2. The van der Waals surface area contributed by atoms with Gasteiger partial charge in [-0.2, -0.15) is 0 Å². The molecule has 1 aliphatic rings. The molecule has 0 radical (unpaired) electrons. The lowest BCUT2D eigenvalue weighted by molar-refractivity contribution is 0.111. The Kier molecular flexibility index (Phi) is 6.67. The van der Waals surface area contributed by atoms with Crippen molar-refractivity contribution in [1.29, 1.82) is 0 Å². The quantitative estimate of drug-likeness (QED) is 0.785. The molecule has 0 bridgehead atoms. The third kappa shape index (κ3) is 5.06. The second kappa shape index (κ2) is 7.49. The summed E-state index contributed by atoms with van der Waals surface area (Å²) in [6.45, 7) is 10.2. The summed E-state index contributed by atoms with van der Waals surface area (Å²) in [6.07, 6.45) is 4.06. The maximum Gasteiger partial charge on any atom is 0.0244 e. The van der Waals surface area contributed by atoms with Gasteiger partial charge >= 0.3 is 0 Å². The van der Waals surface area contributed by atoms with Gasteiger partial charge in [0, 0.05) is 48.0 Å². The number of nitrogens with zero attached hydrogens (tertiary/aromatic N) is 1. The third-order valence-electron chi connectivity index (χ3n) is 3.72. The molecule has 0 aromatic rings. The molecule has 1 aliphatic heterocycles. The van der Waals surface area contributed by atoms with E-state index in [0.717, 1.165) is 31.8 Å². The summed E-state index contributed by atoms with van der Waals surface area (Å²) in [7, 11) is -0.643. The predicted molar refractivity (Wildman–Crippen MR) is 75.8 cm³/mol. The van der Waals surface area contributed by atoms with Gasteiger partial charge in [-0.15, -0.1) is 0 Å². The van der Waals surface area contributed by atoms with Crippen LogP contribution in [0.1, 0.15) is 33.6 Å². The number of hydrogen-bond donors (Lipinski definition) is 1. The summed E-state index contributed by atoms with van der Waals surface area (Å²) in [5, 5.41) is 3.65. The van der Waals surface area contributed by atoms with Crippen LogP contribution >= 0.6 is 0 Å². The van der Waals surface area contributed by atoms with Gasteiger partial charge in [0.1, 0.15) is 0 Å². The molecule has 3 unspecified atom stereocenters. The highest BCUT2D eigenvalue weighted by Gasteiger charge is 2.27. The molecule has 3 nitrogen and oxygen atoms in total. The van der Waals surface area contributed by atoms with E-state index in [1.807, 2.05) is 0 Å². The van der Waals surface area contributed by atoms with Crippen LogP contribution in [0.25, 0.3) is 0 Å². The Morgan fingerprint density at radius 1 is 1.47 bits per heavy atom. The van der Waals surface area contributed by atoms with Gasteiger partial charge in [-0.1, -0.05) is 20.8 Å². The van der Waals surface area contributed by atoms with Crippen molar-refractivity contribution in [3.8, 4) is 0 Å². The Bertz CT molecular complexity index is 246. The van der Waals surface area contributed by atoms with Crippen molar-refractivity contribution in [2.24, 2.45) is 5.92 Å². The van der Waals surface area contributed by atoms with E-state index in [4.69, 9.17) is 0 Å². The van der Waals surface area contributed by atoms with Crippen LogP contribution < -0.4 is 5.32 Å². The van der Waals surface area contributed by atoms with Crippen LogP contribution in [0.2, 0.25) is 0 Å². The number of nitrogens with one attached hydrogen (secondary N) is 1. The minimum Gasteiger partial charge on any atom is -0.311 e. The predicted octanol–water partition coefficient (Wildman–Crippen LogP) is 1.46. The summed E-state index contributed by atoms with van der Waals surface area (Å²) in [6, 6.07) is 1.28. The molecule has 3 atom stereocenters. The lowest BCUT2D eigenvalue weighted by Crippen LogP contribution is -2.58. The highest BCUT2D eigenvalue weighted by Crippen LogP contribution is 2.15. The SMILES string of the molecule is CCC1CNC(C(C)C)CN1CCCS(C)=O.